The van der Waals surface area contributed by atoms with E-state index in [0.29, 0.717) is 37.7 Å². The lowest BCUT2D eigenvalue weighted by Gasteiger charge is -2.26. The number of hydrogen-bond acceptors (Lipinski definition) is 5. The van der Waals surface area contributed by atoms with Crippen molar-refractivity contribution in [2.24, 2.45) is 0 Å². The van der Waals surface area contributed by atoms with E-state index in [2.05, 4.69) is 6.92 Å². The van der Waals surface area contributed by atoms with E-state index in [1.165, 1.54) is 0 Å². The topological polar surface area (TPSA) is 68.0 Å². The highest BCUT2D eigenvalue weighted by Gasteiger charge is 2.12. The second-order valence-corrected chi connectivity index (χ2v) is 4.24. The van der Waals surface area contributed by atoms with Crippen molar-refractivity contribution >= 4 is 11.4 Å². The number of aliphatic hydroxyl groups is 1. The molecule has 0 unspecified atom stereocenters. The summed E-state index contributed by atoms with van der Waals surface area (Å²) >= 11 is 0. The Morgan fingerprint density at radius 1 is 1.26 bits per heavy atom. The van der Waals surface area contributed by atoms with E-state index in [1.807, 2.05) is 23.1 Å². The van der Waals surface area contributed by atoms with Crippen LogP contribution in [0.5, 0.6) is 5.75 Å². The first-order chi connectivity index (χ1) is 9.24. The molecule has 0 saturated carbocycles. The zero-order valence-electron chi connectivity index (χ0n) is 11.8. The minimum Gasteiger partial charge on any atom is -0.491 e. The molecule has 0 saturated heterocycles. The molecule has 0 fully saturated rings. The number of methoxy groups -OCH3 is 1. The van der Waals surface area contributed by atoms with Crippen molar-refractivity contribution in [2.45, 2.75) is 13.3 Å². The highest BCUT2D eigenvalue weighted by Crippen LogP contribution is 2.32. The van der Waals surface area contributed by atoms with Gasteiger partial charge in [0, 0.05) is 20.2 Å². The first-order valence-corrected chi connectivity index (χ1v) is 6.60. The number of aliphatic hydroxyl groups excluding tert-OH is 1. The average molecular weight is 268 g/mol. The van der Waals surface area contributed by atoms with Crippen molar-refractivity contribution < 1.29 is 14.6 Å². The number of ether oxygens (including phenoxy) is 2. The summed E-state index contributed by atoms with van der Waals surface area (Å²) in [5.74, 6) is 0.694. The Bertz CT molecular complexity index is 372. The molecule has 1 aromatic carbocycles. The fourth-order valence-corrected chi connectivity index (χ4v) is 1.82. The van der Waals surface area contributed by atoms with E-state index >= 15 is 0 Å². The predicted molar refractivity (Wildman–Crippen MR) is 77.8 cm³/mol. The molecule has 5 nitrogen and oxygen atoms in total. The lowest BCUT2D eigenvalue weighted by atomic mass is 10.2. The van der Waals surface area contributed by atoms with E-state index in [1.54, 1.807) is 7.11 Å². The van der Waals surface area contributed by atoms with Crippen LogP contribution in [0.25, 0.3) is 0 Å². The molecule has 0 aliphatic rings. The molecule has 0 aromatic heterocycles. The predicted octanol–water partition coefficient (Wildman–Crippen LogP) is 1.50. The van der Waals surface area contributed by atoms with E-state index in [4.69, 9.17) is 20.3 Å². The number of nitrogens with two attached hydrogens (primary N) is 1. The summed E-state index contributed by atoms with van der Waals surface area (Å²) in [6, 6.07) is 5.70. The van der Waals surface area contributed by atoms with Crippen LogP contribution in [0.4, 0.5) is 11.4 Å². The zero-order valence-corrected chi connectivity index (χ0v) is 11.8. The van der Waals surface area contributed by atoms with Gasteiger partial charge in [-0.2, -0.15) is 0 Å². The largest absolute Gasteiger partial charge is 0.491 e. The van der Waals surface area contributed by atoms with Crippen LogP contribution < -0.4 is 15.4 Å². The van der Waals surface area contributed by atoms with Gasteiger partial charge in [-0.3, -0.25) is 0 Å². The molecular weight excluding hydrogens is 244 g/mol. The molecule has 19 heavy (non-hydrogen) atoms. The number of anilines is 2. The van der Waals surface area contributed by atoms with Gasteiger partial charge in [-0.25, -0.2) is 0 Å². The van der Waals surface area contributed by atoms with E-state index in [-0.39, 0.29) is 6.61 Å². The van der Waals surface area contributed by atoms with Gasteiger partial charge in [0.25, 0.3) is 0 Å². The van der Waals surface area contributed by atoms with E-state index in [0.717, 1.165) is 12.1 Å². The highest BCUT2D eigenvalue weighted by atomic mass is 16.5. The second kappa shape index (κ2) is 8.61. The molecule has 0 spiro atoms. The molecule has 0 bridgehead atoms. The van der Waals surface area contributed by atoms with Crippen molar-refractivity contribution in [1.29, 1.82) is 0 Å². The van der Waals surface area contributed by atoms with Gasteiger partial charge in [0.1, 0.15) is 5.75 Å². The number of nitrogens with zero attached hydrogens (tertiary/aromatic N) is 1. The van der Waals surface area contributed by atoms with Gasteiger partial charge in [0.05, 0.1) is 31.2 Å². The fourth-order valence-electron chi connectivity index (χ4n) is 1.82. The molecule has 0 heterocycles. The lowest BCUT2D eigenvalue weighted by molar-refractivity contribution is 0.203. The van der Waals surface area contributed by atoms with Gasteiger partial charge in [-0.1, -0.05) is 13.0 Å². The third-order valence-corrected chi connectivity index (χ3v) is 2.78. The SMILES string of the molecule is CCCOc1cccc(N(CCO)CCOC)c1N. The van der Waals surface area contributed by atoms with Crippen molar-refractivity contribution in [1.82, 2.24) is 0 Å². The Balaban J connectivity index is 2.88. The summed E-state index contributed by atoms with van der Waals surface area (Å²) in [6.45, 7) is 4.55. The summed E-state index contributed by atoms with van der Waals surface area (Å²) in [7, 11) is 1.65. The van der Waals surface area contributed by atoms with E-state index < -0.39 is 0 Å². The average Bonchev–Trinajstić information content (AvgIpc) is 2.42. The molecule has 0 atom stereocenters. The molecule has 1 aromatic rings. The summed E-state index contributed by atoms with van der Waals surface area (Å²) < 4.78 is 10.7. The molecule has 5 heteroatoms. The molecule has 3 N–H and O–H groups in total. The van der Waals surface area contributed by atoms with Gasteiger partial charge in [0.15, 0.2) is 0 Å². The summed E-state index contributed by atoms with van der Waals surface area (Å²) in [6.07, 6.45) is 0.938. The molecule has 108 valence electrons. The van der Waals surface area contributed by atoms with Crippen LogP contribution in [0.15, 0.2) is 18.2 Å². The van der Waals surface area contributed by atoms with Gasteiger partial charge >= 0.3 is 0 Å². The van der Waals surface area contributed by atoms with Crippen molar-refractivity contribution in [3.63, 3.8) is 0 Å². The standard InChI is InChI=1S/C14H24N2O3/c1-3-10-19-13-6-4-5-12(14(13)15)16(7-9-17)8-11-18-2/h4-6,17H,3,7-11,15H2,1-2H3. The fraction of sp³-hybridized carbons (Fsp3) is 0.571. The van der Waals surface area contributed by atoms with Crippen molar-refractivity contribution in [2.75, 3.05) is 50.7 Å². The number of nitrogen functional groups attached to an aromatic ring is 1. The van der Waals surface area contributed by atoms with Crippen LogP contribution in [-0.2, 0) is 4.74 Å². The zero-order chi connectivity index (χ0) is 14.1. The minimum atomic E-state index is 0.0726. The molecule has 0 aliphatic carbocycles. The first kappa shape index (κ1) is 15.6. The van der Waals surface area contributed by atoms with Crippen LogP contribution in [0.3, 0.4) is 0 Å². The quantitative estimate of drug-likeness (QED) is 0.664. The van der Waals surface area contributed by atoms with E-state index in [9.17, 15) is 0 Å². The second-order valence-electron chi connectivity index (χ2n) is 4.24. The number of benzene rings is 1. The van der Waals surface area contributed by atoms with Crippen LogP contribution in [0.2, 0.25) is 0 Å². The smallest absolute Gasteiger partial charge is 0.144 e. The summed E-state index contributed by atoms with van der Waals surface area (Å²) in [4.78, 5) is 2.00. The normalized spacial score (nSPS) is 10.5. The van der Waals surface area contributed by atoms with Gasteiger partial charge < -0.3 is 25.2 Å². The van der Waals surface area contributed by atoms with Gasteiger partial charge in [0.2, 0.25) is 0 Å². The Morgan fingerprint density at radius 3 is 2.68 bits per heavy atom. The lowest BCUT2D eigenvalue weighted by Crippen LogP contribution is -2.30. The van der Waals surface area contributed by atoms with Crippen molar-refractivity contribution in [3.8, 4) is 5.75 Å². The maximum absolute atomic E-state index is 9.14. The Kier molecular flexibility index (Phi) is 7.07. The van der Waals surface area contributed by atoms with Gasteiger partial charge in [-0.15, -0.1) is 0 Å². The monoisotopic (exact) mass is 268 g/mol. The third-order valence-electron chi connectivity index (χ3n) is 2.78. The van der Waals surface area contributed by atoms with Crippen LogP contribution in [-0.4, -0.2) is 45.1 Å². The minimum absolute atomic E-state index is 0.0726. The molecule has 0 aliphatic heterocycles. The maximum Gasteiger partial charge on any atom is 0.144 e. The molecular formula is C14H24N2O3. The Labute approximate surface area is 114 Å². The highest BCUT2D eigenvalue weighted by molar-refractivity contribution is 5.74. The molecule has 0 amide bonds. The van der Waals surface area contributed by atoms with Crippen LogP contribution >= 0.6 is 0 Å². The number of para-hydroxylation sites is 1. The molecule has 0 radical (unpaired) electrons. The number of rotatable bonds is 9. The Morgan fingerprint density at radius 2 is 2.05 bits per heavy atom. The summed E-state index contributed by atoms with van der Waals surface area (Å²) in [5, 5.41) is 9.14. The maximum atomic E-state index is 9.14. The Hall–Kier alpha value is -1.46. The first-order valence-electron chi connectivity index (χ1n) is 6.60. The van der Waals surface area contributed by atoms with Crippen LogP contribution in [0.1, 0.15) is 13.3 Å². The molecule has 1 rings (SSSR count). The van der Waals surface area contributed by atoms with Crippen LogP contribution in [0, 0.1) is 0 Å². The summed E-state index contributed by atoms with van der Waals surface area (Å²) in [5.41, 5.74) is 7.62. The van der Waals surface area contributed by atoms with Crippen molar-refractivity contribution in [3.05, 3.63) is 18.2 Å². The van der Waals surface area contributed by atoms with Gasteiger partial charge in [-0.05, 0) is 18.6 Å². The number of hydrogen-bond donors (Lipinski definition) is 2. The third kappa shape index (κ3) is 4.61.